The second-order valence-electron chi connectivity index (χ2n) is 7.48. The van der Waals surface area contributed by atoms with Crippen molar-refractivity contribution in [3.05, 3.63) is 75.8 Å². The molecular formula is C23H20ClF2N3O4. The largest absolute Gasteiger partial charge is 0.480 e. The molecule has 1 aliphatic heterocycles. The summed E-state index contributed by atoms with van der Waals surface area (Å²) in [4.78, 5) is 16.2. The van der Waals surface area contributed by atoms with E-state index in [1.165, 1.54) is 0 Å². The second kappa shape index (κ2) is 8.93. The number of halogens is 3. The van der Waals surface area contributed by atoms with E-state index >= 15 is 0 Å². The number of hydrogen-bond donors (Lipinski definition) is 3. The first-order valence-corrected chi connectivity index (χ1v) is 10.4. The highest BCUT2D eigenvalue weighted by Crippen LogP contribution is 2.49. The van der Waals surface area contributed by atoms with Gasteiger partial charge in [-0.15, -0.1) is 0 Å². The maximum atomic E-state index is 14.9. The summed E-state index contributed by atoms with van der Waals surface area (Å²) in [6, 6.07) is 11.1. The number of aromatic nitrogens is 1. The van der Waals surface area contributed by atoms with Crippen LogP contribution in [0.4, 0.5) is 8.78 Å². The van der Waals surface area contributed by atoms with Gasteiger partial charge in [0, 0.05) is 30.2 Å². The molecule has 0 bridgehead atoms. The summed E-state index contributed by atoms with van der Waals surface area (Å²) >= 11 is 6.34. The fraction of sp³-hybridized carbons (Fsp3) is 0.217. The van der Waals surface area contributed by atoms with Crippen LogP contribution < -0.4 is 20.9 Å². The number of hydrogen-bond acceptors (Lipinski definition) is 6. The molecule has 1 aromatic heterocycles. The summed E-state index contributed by atoms with van der Waals surface area (Å²) in [5, 5.41) is 8.66. The molecule has 3 aromatic rings. The van der Waals surface area contributed by atoms with Crippen LogP contribution in [0.5, 0.6) is 11.6 Å². The first-order valence-electron chi connectivity index (χ1n) is 10.0. The lowest BCUT2D eigenvalue weighted by atomic mass is 9.86. The van der Waals surface area contributed by atoms with Crippen LogP contribution in [0, 0.1) is 11.6 Å². The SMILES string of the molecule is NC[C@@]1(c2ccccc2)Cc2c(cc(F)c(Cl)c2-c2nc(OCCO)c(F)cc2C(N)=O)O1. The Morgan fingerprint density at radius 3 is 2.61 bits per heavy atom. The van der Waals surface area contributed by atoms with Gasteiger partial charge in [-0.3, -0.25) is 4.79 Å². The molecule has 0 saturated carbocycles. The van der Waals surface area contributed by atoms with Crippen molar-refractivity contribution < 1.29 is 28.2 Å². The van der Waals surface area contributed by atoms with Gasteiger partial charge in [-0.25, -0.2) is 13.8 Å². The highest BCUT2D eigenvalue weighted by Gasteiger charge is 2.43. The van der Waals surface area contributed by atoms with Crippen LogP contribution in [-0.2, 0) is 12.0 Å². The maximum Gasteiger partial charge on any atom is 0.251 e. The quantitative estimate of drug-likeness (QED) is 0.483. The van der Waals surface area contributed by atoms with E-state index < -0.39 is 35.6 Å². The number of rotatable bonds is 7. The Balaban J connectivity index is 1.95. The number of aliphatic hydroxyl groups is 1. The number of amides is 1. The Bertz CT molecular complexity index is 1230. The predicted molar refractivity (Wildman–Crippen MR) is 117 cm³/mol. The average molecular weight is 476 g/mol. The number of aliphatic hydroxyl groups excluding tert-OH is 1. The number of carbonyl (C=O) groups excluding carboxylic acids is 1. The second-order valence-corrected chi connectivity index (χ2v) is 7.85. The van der Waals surface area contributed by atoms with Crippen molar-refractivity contribution in [1.82, 2.24) is 4.98 Å². The molecule has 1 amide bonds. The van der Waals surface area contributed by atoms with E-state index in [1.54, 1.807) is 0 Å². The van der Waals surface area contributed by atoms with Crippen molar-refractivity contribution in [3.63, 3.8) is 0 Å². The Morgan fingerprint density at radius 2 is 1.97 bits per heavy atom. The zero-order valence-electron chi connectivity index (χ0n) is 17.3. The van der Waals surface area contributed by atoms with Gasteiger partial charge in [0.1, 0.15) is 18.2 Å². The monoisotopic (exact) mass is 475 g/mol. The topological polar surface area (TPSA) is 121 Å². The fourth-order valence-corrected chi connectivity index (χ4v) is 4.17. The van der Waals surface area contributed by atoms with E-state index in [2.05, 4.69) is 4.98 Å². The molecule has 33 heavy (non-hydrogen) atoms. The third-order valence-electron chi connectivity index (χ3n) is 5.46. The molecule has 4 rings (SSSR count). The number of primary amides is 1. The molecule has 10 heteroatoms. The molecule has 2 aromatic carbocycles. The number of ether oxygens (including phenoxy) is 2. The van der Waals surface area contributed by atoms with Crippen LogP contribution in [0.2, 0.25) is 5.02 Å². The minimum absolute atomic E-state index is 0.0283. The molecular weight excluding hydrogens is 456 g/mol. The van der Waals surface area contributed by atoms with Crippen molar-refractivity contribution >= 4 is 17.5 Å². The molecule has 0 aliphatic carbocycles. The molecule has 0 saturated heterocycles. The van der Waals surface area contributed by atoms with Crippen molar-refractivity contribution in [1.29, 1.82) is 0 Å². The normalized spacial score (nSPS) is 16.9. The summed E-state index contributed by atoms with van der Waals surface area (Å²) in [7, 11) is 0. The van der Waals surface area contributed by atoms with Crippen molar-refractivity contribution in [2.45, 2.75) is 12.0 Å². The summed E-state index contributed by atoms with van der Waals surface area (Å²) in [6.45, 7) is -0.579. The molecule has 5 N–H and O–H groups in total. The van der Waals surface area contributed by atoms with E-state index in [4.69, 9.17) is 37.6 Å². The average Bonchev–Trinajstić information content (AvgIpc) is 3.19. The van der Waals surface area contributed by atoms with E-state index in [9.17, 15) is 13.6 Å². The number of nitrogens with two attached hydrogens (primary N) is 2. The number of benzene rings is 2. The molecule has 0 fully saturated rings. The molecule has 0 spiro atoms. The summed E-state index contributed by atoms with van der Waals surface area (Å²) in [5.74, 6) is -3.12. The minimum Gasteiger partial charge on any atom is -0.480 e. The Labute approximate surface area is 192 Å². The first kappa shape index (κ1) is 22.9. The molecule has 1 aliphatic rings. The molecule has 0 radical (unpaired) electrons. The fourth-order valence-electron chi connectivity index (χ4n) is 3.91. The first-order chi connectivity index (χ1) is 15.8. The number of carbonyl (C=O) groups is 1. The number of pyridine rings is 1. The number of nitrogens with zero attached hydrogens (tertiary/aromatic N) is 1. The standard InChI is InChI=1S/C23H20ClF2N3O4/c24-19-15(25)9-17-14(10-23(11-27,33-17)12-4-2-1-3-5-12)18(19)20-13(21(28)31)8-16(26)22(29-20)32-7-6-30/h1-5,8-9,30H,6-7,10-11,27H2,(H2,28,31)/t23-/m1/s1. The van der Waals surface area contributed by atoms with Gasteiger partial charge in [0.15, 0.2) is 11.4 Å². The lowest BCUT2D eigenvalue weighted by Crippen LogP contribution is -2.39. The van der Waals surface area contributed by atoms with Gasteiger partial charge in [0.25, 0.3) is 11.8 Å². The van der Waals surface area contributed by atoms with E-state index in [1.807, 2.05) is 30.3 Å². The minimum atomic E-state index is -1.02. The Kier molecular flexibility index (Phi) is 6.20. The summed E-state index contributed by atoms with van der Waals surface area (Å²) < 4.78 is 40.6. The van der Waals surface area contributed by atoms with Gasteiger partial charge in [-0.05, 0) is 11.6 Å². The maximum absolute atomic E-state index is 14.9. The van der Waals surface area contributed by atoms with Crippen LogP contribution in [-0.4, -0.2) is 35.8 Å². The Hall–Kier alpha value is -3.27. The highest BCUT2D eigenvalue weighted by molar-refractivity contribution is 6.34. The van der Waals surface area contributed by atoms with Crippen LogP contribution in [0.3, 0.4) is 0 Å². The smallest absolute Gasteiger partial charge is 0.251 e. The highest BCUT2D eigenvalue weighted by atomic mass is 35.5. The van der Waals surface area contributed by atoms with E-state index in [-0.39, 0.29) is 47.2 Å². The van der Waals surface area contributed by atoms with Crippen molar-refractivity contribution in [2.24, 2.45) is 11.5 Å². The van der Waals surface area contributed by atoms with Gasteiger partial charge < -0.3 is 26.0 Å². The van der Waals surface area contributed by atoms with E-state index in [0.29, 0.717) is 5.56 Å². The van der Waals surface area contributed by atoms with Gasteiger partial charge in [-0.2, -0.15) is 0 Å². The van der Waals surface area contributed by atoms with Crippen LogP contribution in [0.25, 0.3) is 11.3 Å². The zero-order chi connectivity index (χ0) is 23.8. The van der Waals surface area contributed by atoms with E-state index in [0.717, 1.165) is 17.7 Å². The Morgan fingerprint density at radius 1 is 1.24 bits per heavy atom. The van der Waals surface area contributed by atoms with Crippen molar-refractivity contribution in [3.8, 4) is 22.9 Å². The van der Waals surface area contributed by atoms with Crippen LogP contribution in [0.1, 0.15) is 21.5 Å². The number of fused-ring (bicyclic) bond motifs is 1. The van der Waals surface area contributed by atoms with Crippen LogP contribution >= 0.6 is 11.6 Å². The third kappa shape index (κ3) is 3.99. The summed E-state index contributed by atoms with van der Waals surface area (Å²) in [6.07, 6.45) is 0.183. The summed E-state index contributed by atoms with van der Waals surface area (Å²) in [5.41, 5.74) is 11.3. The van der Waals surface area contributed by atoms with Crippen LogP contribution in [0.15, 0.2) is 42.5 Å². The lowest BCUT2D eigenvalue weighted by molar-refractivity contribution is 0.0999. The molecule has 1 atom stereocenters. The molecule has 7 nitrogen and oxygen atoms in total. The molecule has 2 heterocycles. The van der Waals surface area contributed by atoms with Gasteiger partial charge in [-0.1, -0.05) is 41.9 Å². The van der Waals surface area contributed by atoms with Gasteiger partial charge in [0.05, 0.1) is 22.9 Å². The third-order valence-corrected chi connectivity index (χ3v) is 5.83. The van der Waals surface area contributed by atoms with Gasteiger partial charge >= 0.3 is 0 Å². The zero-order valence-corrected chi connectivity index (χ0v) is 18.0. The van der Waals surface area contributed by atoms with Crippen molar-refractivity contribution in [2.75, 3.05) is 19.8 Å². The lowest BCUT2D eigenvalue weighted by Gasteiger charge is -2.27. The van der Waals surface area contributed by atoms with Gasteiger partial charge in [0.2, 0.25) is 0 Å². The predicted octanol–water partition coefficient (Wildman–Crippen LogP) is 2.94. The molecule has 172 valence electrons. The molecule has 0 unspecified atom stereocenters.